The van der Waals surface area contributed by atoms with Crippen LogP contribution in [-0.4, -0.2) is 36.2 Å². The molecule has 2 N–H and O–H groups in total. The van der Waals surface area contributed by atoms with Crippen LogP contribution in [0.4, 0.5) is 0 Å². The van der Waals surface area contributed by atoms with Crippen LogP contribution in [0, 0.1) is 0 Å². The van der Waals surface area contributed by atoms with Crippen LogP contribution in [-0.2, 0) is 11.3 Å². The van der Waals surface area contributed by atoms with Crippen molar-refractivity contribution in [1.29, 1.82) is 0 Å². The van der Waals surface area contributed by atoms with E-state index in [9.17, 15) is 5.11 Å². The Labute approximate surface area is 132 Å². The number of thioether (sulfide) groups is 1. The molecule has 0 saturated heterocycles. The maximum Gasteiger partial charge on any atom is 0.0867 e. The quantitative estimate of drug-likeness (QED) is 0.486. The Hall–Kier alpha value is -0.550. The largest absolute Gasteiger partial charge is 0.390 e. The standard InChI is InChI=1S/C17H27NO2S/c1-2-3-9-20-12-16(19)13-21-17-6-4-5-14(10-17)11-18-15-7-8-15/h4-6,10,15-16,18-19H,2-3,7-9,11-13H2,1H3. The number of ether oxygens (including phenoxy) is 1. The summed E-state index contributed by atoms with van der Waals surface area (Å²) >= 11 is 1.70. The number of unbranched alkanes of at least 4 members (excludes halogenated alkanes) is 1. The molecule has 21 heavy (non-hydrogen) atoms. The van der Waals surface area contributed by atoms with Crippen molar-refractivity contribution in [2.75, 3.05) is 19.0 Å². The Morgan fingerprint density at radius 2 is 2.29 bits per heavy atom. The highest BCUT2D eigenvalue weighted by molar-refractivity contribution is 7.99. The lowest BCUT2D eigenvalue weighted by Crippen LogP contribution is -2.18. The first-order valence-corrected chi connectivity index (χ1v) is 8.97. The van der Waals surface area contributed by atoms with Gasteiger partial charge in [0.1, 0.15) is 0 Å². The maximum atomic E-state index is 9.91. The van der Waals surface area contributed by atoms with Gasteiger partial charge in [-0.2, -0.15) is 0 Å². The summed E-state index contributed by atoms with van der Waals surface area (Å²) < 4.78 is 5.45. The summed E-state index contributed by atoms with van der Waals surface area (Å²) in [7, 11) is 0. The van der Waals surface area contributed by atoms with Gasteiger partial charge in [-0.1, -0.05) is 25.5 Å². The zero-order valence-corrected chi connectivity index (χ0v) is 13.7. The van der Waals surface area contributed by atoms with E-state index >= 15 is 0 Å². The van der Waals surface area contributed by atoms with E-state index in [1.807, 2.05) is 0 Å². The van der Waals surface area contributed by atoms with Crippen molar-refractivity contribution in [3.63, 3.8) is 0 Å². The minimum Gasteiger partial charge on any atom is -0.390 e. The van der Waals surface area contributed by atoms with Crippen LogP contribution in [0.5, 0.6) is 0 Å². The summed E-state index contributed by atoms with van der Waals surface area (Å²) in [6, 6.07) is 9.31. The van der Waals surface area contributed by atoms with Crippen LogP contribution >= 0.6 is 11.8 Å². The third-order valence-electron chi connectivity index (χ3n) is 3.47. The van der Waals surface area contributed by atoms with Gasteiger partial charge in [-0.25, -0.2) is 0 Å². The van der Waals surface area contributed by atoms with Crippen LogP contribution in [0.2, 0.25) is 0 Å². The molecule has 1 atom stereocenters. The Morgan fingerprint density at radius 1 is 1.43 bits per heavy atom. The second-order valence-corrected chi connectivity index (χ2v) is 6.79. The van der Waals surface area contributed by atoms with E-state index in [2.05, 4.69) is 36.5 Å². The van der Waals surface area contributed by atoms with Crippen molar-refractivity contribution < 1.29 is 9.84 Å². The highest BCUT2D eigenvalue weighted by Crippen LogP contribution is 2.22. The molecule has 3 nitrogen and oxygen atoms in total. The predicted molar refractivity (Wildman–Crippen MR) is 88.8 cm³/mol. The highest BCUT2D eigenvalue weighted by Gasteiger charge is 2.19. The van der Waals surface area contributed by atoms with E-state index in [1.54, 1.807) is 11.8 Å². The summed E-state index contributed by atoms with van der Waals surface area (Å²) in [5.41, 5.74) is 1.32. The summed E-state index contributed by atoms with van der Waals surface area (Å²) in [6.45, 7) is 4.28. The Kier molecular flexibility index (Phi) is 7.58. The fraction of sp³-hybridized carbons (Fsp3) is 0.647. The molecular weight excluding hydrogens is 282 g/mol. The molecule has 0 aliphatic heterocycles. The van der Waals surface area contributed by atoms with E-state index in [0.29, 0.717) is 12.4 Å². The molecule has 0 bridgehead atoms. The van der Waals surface area contributed by atoms with Gasteiger partial charge in [0.25, 0.3) is 0 Å². The third kappa shape index (κ3) is 7.32. The topological polar surface area (TPSA) is 41.5 Å². The molecule has 1 unspecified atom stereocenters. The monoisotopic (exact) mass is 309 g/mol. The van der Waals surface area contributed by atoms with E-state index in [0.717, 1.165) is 32.0 Å². The number of nitrogens with one attached hydrogen (secondary N) is 1. The lowest BCUT2D eigenvalue weighted by Gasteiger charge is -2.11. The molecular formula is C17H27NO2S. The molecule has 0 amide bonds. The van der Waals surface area contributed by atoms with Crippen molar-refractivity contribution in [1.82, 2.24) is 5.32 Å². The first-order chi connectivity index (χ1) is 10.3. The highest BCUT2D eigenvalue weighted by atomic mass is 32.2. The Bertz CT molecular complexity index is 410. The number of aliphatic hydroxyl groups is 1. The van der Waals surface area contributed by atoms with Crippen molar-refractivity contribution >= 4 is 11.8 Å². The van der Waals surface area contributed by atoms with Gasteiger partial charge in [-0.05, 0) is 37.0 Å². The van der Waals surface area contributed by atoms with Gasteiger partial charge in [0.05, 0.1) is 12.7 Å². The molecule has 1 aliphatic carbocycles. The predicted octanol–water partition coefficient (Wildman–Crippen LogP) is 3.21. The van der Waals surface area contributed by atoms with Crippen molar-refractivity contribution in [2.24, 2.45) is 0 Å². The van der Waals surface area contributed by atoms with Crippen LogP contribution < -0.4 is 5.32 Å². The fourth-order valence-corrected chi connectivity index (χ4v) is 2.89. The smallest absolute Gasteiger partial charge is 0.0867 e. The molecule has 1 fully saturated rings. The molecule has 4 heteroatoms. The number of hydrogen-bond donors (Lipinski definition) is 2. The van der Waals surface area contributed by atoms with Crippen LogP contribution in [0.3, 0.4) is 0 Å². The minimum atomic E-state index is -0.389. The normalized spacial score (nSPS) is 16.1. The van der Waals surface area contributed by atoms with Crippen LogP contribution in [0.15, 0.2) is 29.2 Å². The first-order valence-electron chi connectivity index (χ1n) is 7.99. The fourth-order valence-electron chi connectivity index (χ4n) is 2.00. The molecule has 118 valence electrons. The van der Waals surface area contributed by atoms with Gasteiger partial charge in [0.2, 0.25) is 0 Å². The van der Waals surface area contributed by atoms with E-state index in [-0.39, 0.29) is 6.10 Å². The van der Waals surface area contributed by atoms with Gasteiger partial charge in [0, 0.05) is 29.8 Å². The molecule has 0 aromatic heterocycles. The van der Waals surface area contributed by atoms with Crippen LogP contribution in [0.1, 0.15) is 38.2 Å². The molecule has 0 heterocycles. The second-order valence-electron chi connectivity index (χ2n) is 5.70. The summed E-state index contributed by atoms with van der Waals surface area (Å²) in [4.78, 5) is 1.22. The van der Waals surface area contributed by atoms with Gasteiger partial charge in [-0.15, -0.1) is 11.8 Å². The lowest BCUT2D eigenvalue weighted by atomic mass is 10.2. The Morgan fingerprint density at radius 3 is 3.05 bits per heavy atom. The zero-order chi connectivity index (χ0) is 14.9. The maximum absolute atomic E-state index is 9.91. The number of aliphatic hydroxyl groups excluding tert-OH is 1. The molecule has 1 aromatic rings. The van der Waals surface area contributed by atoms with Gasteiger partial charge in [0.15, 0.2) is 0 Å². The van der Waals surface area contributed by atoms with Crippen LogP contribution in [0.25, 0.3) is 0 Å². The van der Waals surface area contributed by atoms with Crippen molar-refractivity contribution in [3.05, 3.63) is 29.8 Å². The minimum absolute atomic E-state index is 0.389. The van der Waals surface area contributed by atoms with Gasteiger partial charge >= 0.3 is 0 Å². The Balaban J connectivity index is 1.65. The summed E-state index contributed by atoms with van der Waals surface area (Å²) in [6.07, 6.45) is 4.44. The van der Waals surface area contributed by atoms with Crippen molar-refractivity contribution in [3.8, 4) is 0 Å². The van der Waals surface area contributed by atoms with Gasteiger partial charge < -0.3 is 15.2 Å². The van der Waals surface area contributed by atoms with E-state index < -0.39 is 0 Å². The second kappa shape index (κ2) is 9.46. The zero-order valence-electron chi connectivity index (χ0n) is 12.9. The number of hydrogen-bond acceptors (Lipinski definition) is 4. The molecule has 1 saturated carbocycles. The summed E-state index contributed by atoms with van der Waals surface area (Å²) in [5.74, 6) is 0.686. The molecule has 1 aromatic carbocycles. The summed E-state index contributed by atoms with van der Waals surface area (Å²) in [5, 5.41) is 13.4. The average Bonchev–Trinajstić information content (AvgIpc) is 3.32. The first kappa shape index (κ1) is 16.8. The van der Waals surface area contributed by atoms with E-state index in [4.69, 9.17) is 4.74 Å². The molecule has 0 spiro atoms. The lowest BCUT2D eigenvalue weighted by molar-refractivity contribution is 0.0473. The average molecular weight is 309 g/mol. The van der Waals surface area contributed by atoms with Gasteiger partial charge in [-0.3, -0.25) is 0 Å². The number of benzene rings is 1. The molecule has 1 aliphatic rings. The molecule has 2 rings (SSSR count). The SMILES string of the molecule is CCCCOCC(O)CSc1cccc(CNC2CC2)c1. The molecule has 0 radical (unpaired) electrons. The number of rotatable bonds is 11. The third-order valence-corrected chi connectivity index (χ3v) is 4.60. The van der Waals surface area contributed by atoms with Crippen molar-refractivity contribution in [2.45, 2.75) is 56.2 Å². The van der Waals surface area contributed by atoms with E-state index in [1.165, 1.54) is 23.3 Å².